The Labute approximate surface area is 272 Å². The Balaban J connectivity index is 1.32. The number of pyridine rings is 3. The van der Waals surface area contributed by atoms with Gasteiger partial charge < -0.3 is 15.5 Å². The van der Waals surface area contributed by atoms with Crippen molar-refractivity contribution in [3.63, 3.8) is 0 Å². The summed E-state index contributed by atoms with van der Waals surface area (Å²) in [6.07, 6.45) is 4.98. The Morgan fingerprint density at radius 2 is 1.67 bits per heavy atom. The molecule has 6 heterocycles. The van der Waals surface area contributed by atoms with Crippen LogP contribution in [0.3, 0.4) is 0 Å². The van der Waals surface area contributed by atoms with Crippen LogP contribution in [-0.4, -0.2) is 54.5 Å². The second-order valence-electron chi connectivity index (χ2n) is 15.4. The van der Waals surface area contributed by atoms with Crippen molar-refractivity contribution >= 4 is 27.6 Å². The lowest BCUT2D eigenvalue weighted by molar-refractivity contribution is 0.0981. The van der Waals surface area contributed by atoms with Crippen LogP contribution in [0.1, 0.15) is 106 Å². The molecule has 3 atom stereocenters. The first-order valence-corrected chi connectivity index (χ1v) is 18.0. The molecule has 10 nitrogen and oxygen atoms in total. The monoisotopic (exact) mass is 643 g/mol. The van der Waals surface area contributed by atoms with Gasteiger partial charge in [-0.3, -0.25) is 9.78 Å². The number of nitrogens with one attached hydrogen (secondary N) is 3. The van der Waals surface area contributed by atoms with Gasteiger partial charge in [0.1, 0.15) is 11.6 Å². The number of piperidine rings is 1. The number of nitrogens with zero attached hydrogens (tertiary/aromatic N) is 4. The molecule has 0 radical (unpaired) electrons. The highest BCUT2D eigenvalue weighted by atomic mass is 32.2. The lowest BCUT2D eigenvalue weighted by atomic mass is 9.90. The first kappa shape index (κ1) is 31.1. The predicted molar refractivity (Wildman–Crippen MR) is 178 cm³/mol. The van der Waals surface area contributed by atoms with Crippen molar-refractivity contribution in [2.24, 2.45) is 11.3 Å². The van der Waals surface area contributed by atoms with Gasteiger partial charge in [-0.2, -0.15) is 8.42 Å². The molecule has 2 unspecified atom stereocenters. The number of fused-ring (bicyclic) bond motifs is 5. The lowest BCUT2D eigenvalue weighted by Gasteiger charge is -2.34. The predicted octanol–water partition coefficient (Wildman–Crippen LogP) is 5.31. The number of hydrogen-bond acceptors (Lipinski definition) is 9. The Bertz CT molecular complexity index is 1780. The van der Waals surface area contributed by atoms with Gasteiger partial charge in [0.2, 0.25) is 0 Å². The average molecular weight is 644 g/mol. The number of aromatic nitrogens is 3. The maximum absolute atomic E-state index is 13.8. The molecular formula is C35H45N7O3S. The summed E-state index contributed by atoms with van der Waals surface area (Å²) in [6.45, 7) is 13.4. The molecule has 244 valence electrons. The molecule has 4 aliphatic rings. The van der Waals surface area contributed by atoms with Crippen LogP contribution in [0.25, 0.3) is 0 Å². The number of hydrogen-bond donors (Lipinski definition) is 3. The molecule has 1 spiro atoms. The van der Waals surface area contributed by atoms with Crippen LogP contribution in [0.4, 0.5) is 11.6 Å². The molecule has 46 heavy (non-hydrogen) atoms. The lowest BCUT2D eigenvalue weighted by Crippen LogP contribution is -2.41. The average Bonchev–Trinajstić information content (AvgIpc) is 3.59. The van der Waals surface area contributed by atoms with Crippen LogP contribution in [0, 0.1) is 11.3 Å². The molecule has 3 aromatic heterocycles. The van der Waals surface area contributed by atoms with Gasteiger partial charge in [0.25, 0.3) is 15.9 Å². The summed E-state index contributed by atoms with van der Waals surface area (Å²) >= 11 is 0. The number of rotatable bonds is 2. The van der Waals surface area contributed by atoms with Crippen LogP contribution >= 0.6 is 0 Å². The largest absolute Gasteiger partial charge is 0.362 e. The van der Waals surface area contributed by atoms with E-state index in [0.717, 1.165) is 68.8 Å². The molecule has 3 fully saturated rings. The first-order valence-electron chi connectivity index (χ1n) is 16.5. The highest BCUT2D eigenvalue weighted by Gasteiger charge is 2.63. The summed E-state index contributed by atoms with van der Waals surface area (Å²) < 4.78 is 29.5. The minimum atomic E-state index is -4.28. The fourth-order valence-electron chi connectivity index (χ4n) is 7.93. The third kappa shape index (κ3) is 5.76. The van der Waals surface area contributed by atoms with Crippen molar-refractivity contribution in [2.75, 3.05) is 29.9 Å². The summed E-state index contributed by atoms with van der Waals surface area (Å²) in [7, 11) is -4.28. The summed E-state index contributed by atoms with van der Waals surface area (Å²) in [5.41, 5.74) is 2.68. The first-order chi connectivity index (χ1) is 21.7. The Morgan fingerprint density at radius 3 is 2.43 bits per heavy atom. The van der Waals surface area contributed by atoms with Crippen LogP contribution in [0.15, 0.2) is 53.6 Å². The molecular weight excluding hydrogens is 598 g/mol. The van der Waals surface area contributed by atoms with Crippen LogP contribution in [0.5, 0.6) is 0 Å². The number of carbonyl (C=O) groups excluding carboxylic acids is 1. The van der Waals surface area contributed by atoms with Crippen molar-refractivity contribution in [1.29, 1.82) is 0 Å². The van der Waals surface area contributed by atoms with E-state index in [9.17, 15) is 13.2 Å². The summed E-state index contributed by atoms with van der Waals surface area (Å²) in [5.74, 6) is 1.10. The molecule has 1 amide bonds. The molecule has 1 saturated carbocycles. The molecule has 3 N–H and O–H groups in total. The number of amides is 1. The van der Waals surface area contributed by atoms with Gasteiger partial charge in [-0.25, -0.2) is 14.7 Å². The normalized spacial score (nSPS) is 27.3. The van der Waals surface area contributed by atoms with E-state index >= 15 is 0 Å². The van der Waals surface area contributed by atoms with E-state index in [2.05, 4.69) is 78.1 Å². The van der Waals surface area contributed by atoms with Gasteiger partial charge in [0.05, 0.1) is 17.3 Å². The third-order valence-corrected chi connectivity index (χ3v) is 11.7. The van der Waals surface area contributed by atoms with Gasteiger partial charge in [-0.15, -0.1) is 0 Å². The molecule has 3 aromatic rings. The molecule has 4 bridgehead atoms. The van der Waals surface area contributed by atoms with Crippen LogP contribution in [-0.2, 0) is 15.4 Å². The fraction of sp³-hybridized carbons (Fsp3) is 0.543. The minimum absolute atomic E-state index is 0.0603. The molecule has 11 heteroatoms. The standard InChI is InChI=1S/C35H45N7O3S/c1-33(2,3)28-13-12-24-31(39-28)42-21-35(20-34(42,4)5)19-23(35)18-27(26-9-6-8-25(37-26)22-14-16-36-17-15-22)38-29-10-7-11-30(40-29)46(44,45)41-32(24)43/h6-13,22-23,27,36H,14-21H2,1-5H3,(H,38,40)(H,41,43)/t23?,27-,35?/m1/s1. The van der Waals surface area contributed by atoms with E-state index in [-0.39, 0.29) is 33.0 Å². The summed E-state index contributed by atoms with van der Waals surface area (Å²) in [4.78, 5) is 30.8. The van der Waals surface area contributed by atoms with Crippen molar-refractivity contribution in [1.82, 2.24) is 25.0 Å². The van der Waals surface area contributed by atoms with Crippen LogP contribution in [0.2, 0.25) is 0 Å². The molecule has 7 rings (SSSR count). The Morgan fingerprint density at radius 1 is 0.935 bits per heavy atom. The molecule has 1 aliphatic carbocycles. The van der Waals surface area contributed by atoms with Gasteiger partial charge in [0, 0.05) is 34.8 Å². The quantitative estimate of drug-likeness (QED) is 0.340. The van der Waals surface area contributed by atoms with Crippen molar-refractivity contribution in [2.45, 2.75) is 94.7 Å². The maximum Gasteiger partial charge on any atom is 0.281 e. The third-order valence-electron chi connectivity index (χ3n) is 10.5. The fourth-order valence-corrected chi connectivity index (χ4v) is 8.86. The molecule has 2 saturated heterocycles. The van der Waals surface area contributed by atoms with Gasteiger partial charge in [-0.1, -0.05) is 32.9 Å². The smallest absolute Gasteiger partial charge is 0.281 e. The van der Waals surface area contributed by atoms with E-state index in [1.165, 1.54) is 6.07 Å². The second-order valence-corrected chi connectivity index (χ2v) is 17.0. The van der Waals surface area contributed by atoms with Gasteiger partial charge in [-0.05, 0) is 107 Å². The van der Waals surface area contributed by atoms with Crippen LogP contribution < -0.4 is 20.3 Å². The highest BCUT2D eigenvalue weighted by Crippen LogP contribution is 2.65. The van der Waals surface area contributed by atoms with E-state index in [4.69, 9.17) is 9.97 Å². The zero-order valence-electron chi connectivity index (χ0n) is 27.4. The van der Waals surface area contributed by atoms with Crippen molar-refractivity contribution in [3.05, 3.63) is 71.2 Å². The van der Waals surface area contributed by atoms with E-state index in [0.29, 0.717) is 23.5 Å². The number of sulfonamides is 1. The van der Waals surface area contributed by atoms with Gasteiger partial charge >= 0.3 is 0 Å². The Hall–Kier alpha value is -3.57. The zero-order chi connectivity index (χ0) is 32.5. The Kier molecular flexibility index (Phi) is 7.43. The van der Waals surface area contributed by atoms with Crippen molar-refractivity contribution in [3.8, 4) is 0 Å². The second kappa shape index (κ2) is 11.0. The number of carbonyl (C=O) groups is 1. The number of anilines is 2. The molecule has 3 aliphatic heterocycles. The van der Waals surface area contributed by atoms with E-state index in [1.54, 1.807) is 18.2 Å². The highest BCUT2D eigenvalue weighted by molar-refractivity contribution is 7.90. The zero-order valence-corrected chi connectivity index (χ0v) is 28.2. The summed E-state index contributed by atoms with van der Waals surface area (Å²) in [5, 5.41) is 6.79. The SMILES string of the molecule is CC(C)(C)c1ccc2c(n1)N1CC3(CC3C[C@H](c3cccc(C4CCNCC4)n3)Nc3cccc(n3)S(=O)(=O)NC2=O)CC1(C)C. The molecule has 0 aromatic carbocycles. The van der Waals surface area contributed by atoms with Crippen molar-refractivity contribution < 1.29 is 13.2 Å². The maximum atomic E-state index is 13.8. The van der Waals surface area contributed by atoms with E-state index < -0.39 is 15.9 Å². The minimum Gasteiger partial charge on any atom is -0.362 e. The van der Waals surface area contributed by atoms with E-state index in [1.807, 2.05) is 6.07 Å². The van der Waals surface area contributed by atoms with Gasteiger partial charge in [0.15, 0.2) is 5.03 Å². The summed E-state index contributed by atoms with van der Waals surface area (Å²) in [6, 6.07) is 14.5. The topological polar surface area (TPSA) is 129 Å².